The van der Waals surface area contributed by atoms with Crippen LogP contribution in [0.25, 0.3) is 0 Å². The molecule has 1 aliphatic carbocycles. The van der Waals surface area contributed by atoms with E-state index in [-0.39, 0.29) is 10.8 Å². The van der Waals surface area contributed by atoms with Gasteiger partial charge in [0.2, 0.25) is 0 Å². The summed E-state index contributed by atoms with van der Waals surface area (Å²) in [6.07, 6.45) is 2.32. The largest absolute Gasteiger partial charge is 0.352 e. The highest BCUT2D eigenvalue weighted by Crippen LogP contribution is 2.27. The first-order valence-electron chi connectivity index (χ1n) is 7.61. The smallest absolute Gasteiger partial charge is 0.261 e. The Morgan fingerprint density at radius 2 is 1.67 bits per heavy atom. The van der Waals surface area contributed by atoms with Crippen LogP contribution in [0, 0.1) is 5.92 Å². The van der Waals surface area contributed by atoms with Gasteiger partial charge in [-0.1, -0.05) is 11.6 Å². The lowest BCUT2D eigenvalue weighted by Gasteiger charge is -2.09. The van der Waals surface area contributed by atoms with Gasteiger partial charge in [0.05, 0.1) is 4.90 Å². The van der Waals surface area contributed by atoms with E-state index in [9.17, 15) is 13.2 Å². The molecule has 5 nitrogen and oxygen atoms in total. The quantitative estimate of drug-likeness (QED) is 0.825. The Bertz CT molecular complexity index is 829. The highest BCUT2D eigenvalue weighted by atomic mass is 35.5. The molecule has 126 valence electrons. The van der Waals surface area contributed by atoms with Crippen molar-refractivity contribution in [2.75, 3.05) is 11.3 Å². The number of carbonyl (C=O) groups excluding carboxylic acids is 1. The molecular weight excluding hydrogens is 348 g/mol. The predicted octanol–water partition coefficient (Wildman–Crippen LogP) is 3.28. The van der Waals surface area contributed by atoms with E-state index in [0.29, 0.717) is 28.7 Å². The number of rotatable bonds is 6. The molecule has 1 amide bonds. The van der Waals surface area contributed by atoms with Crippen LogP contribution in [0.1, 0.15) is 23.2 Å². The van der Waals surface area contributed by atoms with Crippen LogP contribution in [0.15, 0.2) is 53.4 Å². The topological polar surface area (TPSA) is 75.3 Å². The summed E-state index contributed by atoms with van der Waals surface area (Å²) in [5.41, 5.74) is 0.867. The third kappa shape index (κ3) is 4.27. The lowest BCUT2D eigenvalue weighted by Crippen LogP contribution is -2.25. The van der Waals surface area contributed by atoms with Crippen LogP contribution in [0.2, 0.25) is 5.02 Å². The van der Waals surface area contributed by atoms with Crippen molar-refractivity contribution in [3.8, 4) is 0 Å². The van der Waals surface area contributed by atoms with Crippen molar-refractivity contribution >= 4 is 33.2 Å². The Morgan fingerprint density at radius 3 is 2.25 bits per heavy atom. The maximum atomic E-state index is 12.3. The first kappa shape index (κ1) is 16.8. The average Bonchev–Trinajstić information content (AvgIpc) is 3.39. The van der Waals surface area contributed by atoms with Gasteiger partial charge in [-0.2, -0.15) is 0 Å². The molecule has 24 heavy (non-hydrogen) atoms. The van der Waals surface area contributed by atoms with Gasteiger partial charge in [-0.15, -0.1) is 0 Å². The van der Waals surface area contributed by atoms with E-state index in [1.54, 1.807) is 24.3 Å². The molecule has 2 N–H and O–H groups in total. The Balaban J connectivity index is 1.68. The zero-order valence-electron chi connectivity index (χ0n) is 12.8. The van der Waals surface area contributed by atoms with Gasteiger partial charge in [-0.3, -0.25) is 9.52 Å². The van der Waals surface area contributed by atoms with Crippen molar-refractivity contribution in [1.82, 2.24) is 5.32 Å². The fourth-order valence-corrected chi connectivity index (χ4v) is 3.36. The second kappa shape index (κ2) is 6.83. The van der Waals surface area contributed by atoms with Crippen molar-refractivity contribution in [2.45, 2.75) is 17.7 Å². The molecule has 0 aromatic heterocycles. The summed E-state index contributed by atoms with van der Waals surface area (Å²) in [5, 5.41) is 3.38. The van der Waals surface area contributed by atoms with Crippen molar-refractivity contribution in [2.24, 2.45) is 5.92 Å². The number of hydrogen-bond donors (Lipinski definition) is 2. The Morgan fingerprint density at radius 1 is 1.04 bits per heavy atom. The molecule has 0 spiro atoms. The van der Waals surface area contributed by atoms with Crippen molar-refractivity contribution in [3.05, 3.63) is 59.1 Å². The van der Waals surface area contributed by atoms with E-state index in [2.05, 4.69) is 10.0 Å². The highest BCUT2D eigenvalue weighted by molar-refractivity contribution is 7.92. The molecule has 2 aromatic carbocycles. The van der Waals surface area contributed by atoms with Gasteiger partial charge in [-0.25, -0.2) is 8.42 Å². The van der Waals surface area contributed by atoms with Gasteiger partial charge in [0, 0.05) is 22.8 Å². The molecule has 2 aromatic rings. The number of carbonyl (C=O) groups is 1. The maximum absolute atomic E-state index is 12.3. The second-order valence-corrected chi connectivity index (χ2v) is 7.91. The summed E-state index contributed by atoms with van der Waals surface area (Å²) in [4.78, 5) is 12.1. The van der Waals surface area contributed by atoms with Gasteiger partial charge in [0.1, 0.15) is 0 Å². The number of hydrogen-bond acceptors (Lipinski definition) is 3. The fourth-order valence-electron chi connectivity index (χ4n) is 2.18. The molecule has 1 saturated carbocycles. The van der Waals surface area contributed by atoms with Crippen LogP contribution >= 0.6 is 11.6 Å². The minimum Gasteiger partial charge on any atom is -0.352 e. The van der Waals surface area contributed by atoms with Crippen LogP contribution in [-0.4, -0.2) is 20.9 Å². The fraction of sp³-hybridized carbons (Fsp3) is 0.235. The van der Waals surface area contributed by atoms with Gasteiger partial charge in [-0.05, 0) is 67.3 Å². The normalized spacial score (nSPS) is 14.2. The van der Waals surface area contributed by atoms with E-state index >= 15 is 0 Å². The summed E-state index contributed by atoms with van der Waals surface area (Å²) in [5.74, 6) is 0.411. The first-order valence-corrected chi connectivity index (χ1v) is 9.47. The minimum atomic E-state index is -3.71. The van der Waals surface area contributed by atoms with Gasteiger partial charge in [0.25, 0.3) is 15.9 Å². The lowest BCUT2D eigenvalue weighted by atomic mass is 10.2. The van der Waals surface area contributed by atoms with Crippen LogP contribution in [0.3, 0.4) is 0 Å². The summed E-state index contributed by atoms with van der Waals surface area (Å²) < 4.78 is 27.2. The highest BCUT2D eigenvalue weighted by Gasteiger charge is 2.22. The summed E-state index contributed by atoms with van der Waals surface area (Å²) in [6, 6.07) is 12.2. The lowest BCUT2D eigenvalue weighted by molar-refractivity contribution is 0.0951. The second-order valence-electron chi connectivity index (χ2n) is 5.79. The summed E-state index contributed by atoms with van der Waals surface area (Å²) >= 11 is 5.78. The average molecular weight is 365 g/mol. The van der Waals surface area contributed by atoms with Crippen LogP contribution in [-0.2, 0) is 10.0 Å². The molecule has 0 unspecified atom stereocenters. The molecule has 3 rings (SSSR count). The summed E-state index contributed by atoms with van der Waals surface area (Å²) in [7, 11) is -3.71. The molecular formula is C17H17ClN2O3S. The van der Waals surface area contributed by atoms with Crippen LogP contribution < -0.4 is 10.0 Å². The standard InChI is InChI=1S/C17H17ClN2O3S/c18-14-5-7-15(8-6-14)20-24(22,23)16-9-3-13(4-10-16)17(21)19-11-12-1-2-12/h3-10,12,20H,1-2,11H2,(H,19,21). The van der Waals surface area contributed by atoms with E-state index in [1.807, 2.05) is 0 Å². The molecule has 0 aliphatic heterocycles. The van der Waals surface area contributed by atoms with E-state index < -0.39 is 10.0 Å². The predicted molar refractivity (Wildman–Crippen MR) is 93.8 cm³/mol. The number of halogens is 1. The van der Waals surface area contributed by atoms with Gasteiger partial charge >= 0.3 is 0 Å². The zero-order valence-corrected chi connectivity index (χ0v) is 14.4. The van der Waals surface area contributed by atoms with Gasteiger partial charge < -0.3 is 5.32 Å². The van der Waals surface area contributed by atoms with Crippen molar-refractivity contribution in [1.29, 1.82) is 0 Å². The molecule has 0 radical (unpaired) electrons. The number of benzene rings is 2. The third-order valence-corrected chi connectivity index (χ3v) is 5.42. The first-order chi connectivity index (χ1) is 11.4. The molecule has 0 bridgehead atoms. The molecule has 1 fully saturated rings. The van der Waals surface area contributed by atoms with Crippen LogP contribution in [0.5, 0.6) is 0 Å². The van der Waals surface area contributed by atoms with E-state index in [4.69, 9.17) is 11.6 Å². The Labute approximate surface area is 146 Å². The monoisotopic (exact) mass is 364 g/mol. The van der Waals surface area contributed by atoms with Crippen molar-refractivity contribution in [3.63, 3.8) is 0 Å². The maximum Gasteiger partial charge on any atom is 0.261 e. The Hall–Kier alpha value is -2.05. The molecule has 0 heterocycles. The van der Waals surface area contributed by atoms with Crippen molar-refractivity contribution < 1.29 is 13.2 Å². The van der Waals surface area contributed by atoms with Gasteiger partial charge in [0.15, 0.2) is 0 Å². The number of nitrogens with one attached hydrogen (secondary N) is 2. The van der Waals surface area contributed by atoms with Crippen LogP contribution in [0.4, 0.5) is 5.69 Å². The molecule has 7 heteroatoms. The minimum absolute atomic E-state index is 0.0937. The molecule has 0 atom stereocenters. The third-order valence-electron chi connectivity index (χ3n) is 3.77. The number of amides is 1. The van der Waals surface area contributed by atoms with E-state index in [0.717, 1.165) is 12.8 Å². The SMILES string of the molecule is O=C(NCC1CC1)c1ccc(S(=O)(=O)Nc2ccc(Cl)cc2)cc1. The molecule has 1 aliphatic rings. The molecule has 0 saturated heterocycles. The van der Waals surface area contributed by atoms with E-state index in [1.165, 1.54) is 24.3 Å². The Kier molecular flexibility index (Phi) is 4.78. The summed E-state index contributed by atoms with van der Waals surface area (Å²) in [6.45, 7) is 0.678. The number of anilines is 1. The number of sulfonamides is 1. The zero-order chi connectivity index (χ0) is 17.2.